The summed E-state index contributed by atoms with van der Waals surface area (Å²) in [6, 6.07) is 15.5. The predicted octanol–water partition coefficient (Wildman–Crippen LogP) is 2.54. The quantitative estimate of drug-likeness (QED) is 0.744. The maximum Gasteiger partial charge on any atom is 0.253 e. The van der Waals surface area contributed by atoms with Crippen LogP contribution in [0.5, 0.6) is 5.75 Å². The molecule has 2 aromatic carbocycles. The average molecular weight is 409 g/mol. The van der Waals surface area contributed by atoms with Crippen LogP contribution in [0.4, 0.5) is 5.69 Å². The number of carbonyl (C=O) groups is 1. The summed E-state index contributed by atoms with van der Waals surface area (Å²) >= 11 is 0. The highest BCUT2D eigenvalue weighted by atomic mass is 16.5. The number of hydrogen-bond acceptors (Lipinski definition) is 5. The van der Waals surface area contributed by atoms with Crippen LogP contribution in [-0.2, 0) is 11.3 Å². The molecule has 0 aromatic heterocycles. The lowest BCUT2D eigenvalue weighted by atomic mass is 9.96. The van der Waals surface area contributed by atoms with E-state index in [0.29, 0.717) is 31.8 Å². The summed E-state index contributed by atoms with van der Waals surface area (Å²) < 4.78 is 10.4. The molecule has 2 aliphatic heterocycles. The summed E-state index contributed by atoms with van der Waals surface area (Å²) in [4.78, 5) is 19.8. The smallest absolute Gasteiger partial charge is 0.253 e. The highest BCUT2D eigenvalue weighted by Crippen LogP contribution is 2.30. The number of nitrogens with zero attached hydrogens (tertiary/aromatic N) is 2. The van der Waals surface area contributed by atoms with E-state index in [2.05, 4.69) is 22.8 Å². The first-order valence-electron chi connectivity index (χ1n) is 10.2. The number of para-hydroxylation sites is 1. The van der Waals surface area contributed by atoms with Gasteiger partial charge in [0, 0.05) is 38.0 Å². The van der Waals surface area contributed by atoms with Crippen LogP contribution in [0, 0.1) is 0 Å². The zero-order chi connectivity index (χ0) is 21.0. The summed E-state index contributed by atoms with van der Waals surface area (Å²) in [5.41, 5.74) is 2.50. The standard InChI is InChI=1S/C23H28N4O3/c1-29-14-12-24-22-23(25-15-18-5-3-4-6-20(18)26-22)11-13-27(16-23)21(28)17-7-9-19(30-2)10-8-17/h3-10,25H,11-16H2,1-2H3,(H,24,26). The second-order valence-electron chi connectivity index (χ2n) is 7.65. The number of methoxy groups -OCH3 is 2. The summed E-state index contributed by atoms with van der Waals surface area (Å²) in [6.45, 7) is 3.06. The number of fused-ring (bicyclic) bond motifs is 1. The zero-order valence-corrected chi connectivity index (χ0v) is 17.5. The van der Waals surface area contributed by atoms with Crippen molar-refractivity contribution in [2.75, 3.05) is 45.8 Å². The molecule has 2 aromatic rings. The molecule has 7 heteroatoms. The van der Waals surface area contributed by atoms with Gasteiger partial charge in [0.05, 0.1) is 25.8 Å². The lowest BCUT2D eigenvalue weighted by Gasteiger charge is -2.30. The molecule has 7 nitrogen and oxygen atoms in total. The molecule has 2 heterocycles. The summed E-state index contributed by atoms with van der Waals surface area (Å²) in [5, 5.41) is 7.24. The van der Waals surface area contributed by atoms with E-state index < -0.39 is 5.54 Å². The van der Waals surface area contributed by atoms with Gasteiger partial charge in [-0.25, -0.2) is 0 Å². The fraction of sp³-hybridized carbons (Fsp3) is 0.391. The Hall–Kier alpha value is -2.90. The number of hydrogen-bond donors (Lipinski definition) is 2. The van der Waals surface area contributed by atoms with E-state index in [4.69, 9.17) is 14.5 Å². The number of likely N-dealkylation sites (tertiary alicyclic amines) is 1. The number of benzene rings is 2. The van der Waals surface area contributed by atoms with E-state index in [9.17, 15) is 4.79 Å². The van der Waals surface area contributed by atoms with Gasteiger partial charge in [0.2, 0.25) is 0 Å². The topological polar surface area (TPSA) is 75.2 Å². The van der Waals surface area contributed by atoms with E-state index in [1.807, 2.05) is 41.3 Å². The molecule has 1 unspecified atom stereocenters. The SMILES string of the molecule is COCCN=C1Nc2ccccc2CNC12CCN(C(=O)c1ccc(OC)cc1)C2. The molecule has 1 spiro atoms. The molecule has 158 valence electrons. The number of anilines is 1. The van der Waals surface area contributed by atoms with Gasteiger partial charge < -0.3 is 19.7 Å². The third-order valence-corrected chi connectivity index (χ3v) is 5.80. The summed E-state index contributed by atoms with van der Waals surface area (Å²) in [5.74, 6) is 1.63. The van der Waals surface area contributed by atoms with E-state index >= 15 is 0 Å². The van der Waals surface area contributed by atoms with Crippen molar-refractivity contribution in [3.63, 3.8) is 0 Å². The molecule has 1 fully saturated rings. The average Bonchev–Trinajstić information content (AvgIpc) is 3.16. The molecule has 0 aliphatic carbocycles. The summed E-state index contributed by atoms with van der Waals surface area (Å²) in [6.07, 6.45) is 0.793. The number of ether oxygens (including phenoxy) is 2. The second-order valence-corrected chi connectivity index (χ2v) is 7.65. The van der Waals surface area contributed by atoms with E-state index in [1.54, 1.807) is 14.2 Å². The number of amidine groups is 1. The molecule has 0 radical (unpaired) electrons. The van der Waals surface area contributed by atoms with Crippen LogP contribution in [-0.4, -0.2) is 62.6 Å². The first kappa shape index (κ1) is 20.4. The Labute approximate surface area is 177 Å². The highest BCUT2D eigenvalue weighted by Gasteiger charge is 2.45. The molecule has 30 heavy (non-hydrogen) atoms. The third-order valence-electron chi connectivity index (χ3n) is 5.80. The number of carbonyl (C=O) groups excluding carboxylic acids is 1. The van der Waals surface area contributed by atoms with Gasteiger partial charge in [-0.15, -0.1) is 0 Å². The third kappa shape index (κ3) is 4.04. The molecule has 1 saturated heterocycles. The van der Waals surface area contributed by atoms with Gasteiger partial charge in [-0.2, -0.15) is 0 Å². The monoisotopic (exact) mass is 408 g/mol. The fourth-order valence-electron chi connectivity index (χ4n) is 4.07. The van der Waals surface area contributed by atoms with Gasteiger partial charge in [0.1, 0.15) is 11.6 Å². The Balaban J connectivity index is 1.58. The van der Waals surface area contributed by atoms with Gasteiger partial charge in [0.15, 0.2) is 0 Å². The number of rotatable bonds is 5. The van der Waals surface area contributed by atoms with Crippen LogP contribution in [0.1, 0.15) is 22.3 Å². The van der Waals surface area contributed by atoms with Crippen molar-refractivity contribution in [2.45, 2.75) is 18.5 Å². The van der Waals surface area contributed by atoms with Gasteiger partial charge in [0.25, 0.3) is 5.91 Å². The van der Waals surface area contributed by atoms with Gasteiger partial charge >= 0.3 is 0 Å². The number of nitrogens with one attached hydrogen (secondary N) is 2. The van der Waals surface area contributed by atoms with Crippen molar-refractivity contribution >= 4 is 17.4 Å². The van der Waals surface area contributed by atoms with Crippen molar-refractivity contribution in [2.24, 2.45) is 4.99 Å². The van der Waals surface area contributed by atoms with Gasteiger partial charge in [-0.05, 0) is 42.3 Å². The molecule has 2 N–H and O–H groups in total. The van der Waals surface area contributed by atoms with E-state index in [0.717, 1.165) is 30.2 Å². The van der Waals surface area contributed by atoms with Crippen LogP contribution < -0.4 is 15.4 Å². The van der Waals surface area contributed by atoms with Crippen LogP contribution in [0.15, 0.2) is 53.5 Å². The molecular weight excluding hydrogens is 380 g/mol. The van der Waals surface area contributed by atoms with E-state index in [1.165, 1.54) is 5.56 Å². The van der Waals surface area contributed by atoms with Crippen LogP contribution in [0.3, 0.4) is 0 Å². The van der Waals surface area contributed by atoms with Crippen LogP contribution >= 0.6 is 0 Å². The van der Waals surface area contributed by atoms with Crippen molar-refractivity contribution in [3.05, 3.63) is 59.7 Å². The Morgan fingerprint density at radius 2 is 1.97 bits per heavy atom. The van der Waals surface area contributed by atoms with Crippen molar-refractivity contribution < 1.29 is 14.3 Å². The Morgan fingerprint density at radius 3 is 2.73 bits per heavy atom. The lowest BCUT2D eigenvalue weighted by molar-refractivity contribution is 0.0786. The normalized spacial score (nSPS) is 21.9. The second kappa shape index (κ2) is 8.85. The zero-order valence-electron chi connectivity index (χ0n) is 17.5. The Kier molecular flexibility index (Phi) is 6.01. The van der Waals surface area contributed by atoms with Gasteiger partial charge in [-0.3, -0.25) is 15.1 Å². The van der Waals surface area contributed by atoms with Crippen molar-refractivity contribution in [1.29, 1.82) is 0 Å². The Morgan fingerprint density at radius 1 is 1.17 bits per heavy atom. The molecule has 0 saturated carbocycles. The largest absolute Gasteiger partial charge is 0.497 e. The van der Waals surface area contributed by atoms with Crippen LogP contribution in [0.25, 0.3) is 0 Å². The molecule has 4 rings (SSSR count). The molecule has 1 amide bonds. The molecular formula is C23H28N4O3. The first-order chi connectivity index (χ1) is 14.6. The van der Waals surface area contributed by atoms with Crippen molar-refractivity contribution in [1.82, 2.24) is 10.2 Å². The van der Waals surface area contributed by atoms with Crippen molar-refractivity contribution in [3.8, 4) is 5.75 Å². The minimum atomic E-state index is -0.408. The lowest BCUT2D eigenvalue weighted by Crippen LogP contribution is -2.55. The minimum Gasteiger partial charge on any atom is -0.497 e. The first-order valence-corrected chi connectivity index (χ1v) is 10.2. The summed E-state index contributed by atoms with van der Waals surface area (Å²) in [7, 11) is 3.29. The molecule has 0 bridgehead atoms. The number of aliphatic imine (C=N–C) groups is 1. The highest BCUT2D eigenvalue weighted by molar-refractivity contribution is 6.05. The maximum absolute atomic E-state index is 13.1. The number of amides is 1. The van der Waals surface area contributed by atoms with Crippen LogP contribution in [0.2, 0.25) is 0 Å². The minimum absolute atomic E-state index is 0.0225. The maximum atomic E-state index is 13.1. The molecule has 1 atom stereocenters. The van der Waals surface area contributed by atoms with Gasteiger partial charge in [-0.1, -0.05) is 18.2 Å². The Bertz CT molecular complexity index is 928. The van der Waals surface area contributed by atoms with E-state index in [-0.39, 0.29) is 5.91 Å². The molecule has 2 aliphatic rings. The predicted molar refractivity (Wildman–Crippen MR) is 117 cm³/mol. The fourth-order valence-corrected chi connectivity index (χ4v) is 4.07.